The zero-order valence-electron chi connectivity index (χ0n) is 13.1. The number of anilines is 1. The van der Waals surface area contributed by atoms with Crippen molar-refractivity contribution in [1.82, 2.24) is 10.3 Å². The van der Waals surface area contributed by atoms with Crippen molar-refractivity contribution in [3.05, 3.63) is 24.0 Å². The van der Waals surface area contributed by atoms with Crippen molar-refractivity contribution in [2.75, 3.05) is 12.4 Å². The molecule has 1 fully saturated rings. The van der Waals surface area contributed by atoms with Crippen molar-refractivity contribution in [3.63, 3.8) is 0 Å². The predicted octanol–water partition coefficient (Wildman–Crippen LogP) is 1.53. The maximum absolute atomic E-state index is 12.3. The summed E-state index contributed by atoms with van der Waals surface area (Å²) in [6.07, 6.45) is 5.25. The van der Waals surface area contributed by atoms with E-state index in [1.165, 1.54) is 6.20 Å². The lowest BCUT2D eigenvalue weighted by molar-refractivity contribution is -0.121. The number of hydrogen-bond acceptors (Lipinski definition) is 4. The molecule has 4 N–H and O–H groups in total. The predicted molar refractivity (Wildman–Crippen MR) is 85.4 cm³/mol. The number of nitrogens with two attached hydrogens (primary N) is 1. The first kappa shape index (κ1) is 16.4. The summed E-state index contributed by atoms with van der Waals surface area (Å²) in [5, 5.41) is 5.40. The number of nitrogens with one attached hydrogen (secondary N) is 2. The average molecular weight is 304 g/mol. The Morgan fingerprint density at radius 3 is 2.59 bits per heavy atom. The lowest BCUT2D eigenvalue weighted by atomic mass is 9.79. The van der Waals surface area contributed by atoms with Gasteiger partial charge in [0.05, 0.1) is 0 Å². The summed E-state index contributed by atoms with van der Waals surface area (Å²) in [7, 11) is 1.55. The molecule has 1 aliphatic carbocycles. The molecule has 0 bridgehead atoms. The van der Waals surface area contributed by atoms with Crippen LogP contribution >= 0.6 is 0 Å². The second kappa shape index (κ2) is 7.35. The minimum Gasteiger partial charge on any atom is -0.354 e. The molecule has 1 aromatic heterocycles. The van der Waals surface area contributed by atoms with Crippen LogP contribution in [0, 0.1) is 11.8 Å². The van der Waals surface area contributed by atoms with Gasteiger partial charge in [-0.15, -0.1) is 0 Å². The average Bonchev–Trinajstić information content (AvgIpc) is 2.54. The molecule has 0 radical (unpaired) electrons. The molecule has 1 saturated carbocycles. The summed E-state index contributed by atoms with van der Waals surface area (Å²) in [5.41, 5.74) is 6.82. The lowest BCUT2D eigenvalue weighted by Gasteiger charge is -2.29. The van der Waals surface area contributed by atoms with Crippen LogP contribution in [0.3, 0.4) is 0 Å². The van der Waals surface area contributed by atoms with E-state index in [1.54, 1.807) is 19.2 Å². The summed E-state index contributed by atoms with van der Waals surface area (Å²) in [6, 6.07) is 3.47. The number of pyridine rings is 1. The first-order valence-corrected chi connectivity index (χ1v) is 7.76. The van der Waals surface area contributed by atoms with E-state index >= 15 is 0 Å². The highest BCUT2D eigenvalue weighted by molar-refractivity contribution is 5.96. The maximum atomic E-state index is 12.3. The summed E-state index contributed by atoms with van der Waals surface area (Å²) < 4.78 is 0. The molecular formula is C16H24N4O2. The molecule has 2 rings (SSSR count). The van der Waals surface area contributed by atoms with Crippen molar-refractivity contribution >= 4 is 17.5 Å². The molecule has 22 heavy (non-hydrogen) atoms. The Bertz CT molecular complexity index is 537. The van der Waals surface area contributed by atoms with Gasteiger partial charge in [0.25, 0.3) is 5.91 Å². The van der Waals surface area contributed by atoms with E-state index in [0.717, 1.165) is 25.7 Å². The van der Waals surface area contributed by atoms with Gasteiger partial charge in [-0.25, -0.2) is 0 Å². The zero-order valence-corrected chi connectivity index (χ0v) is 13.1. The van der Waals surface area contributed by atoms with Crippen LogP contribution in [-0.2, 0) is 4.79 Å². The fourth-order valence-corrected chi connectivity index (χ4v) is 2.91. The highest BCUT2D eigenvalue weighted by atomic mass is 16.2. The number of nitrogens with zero attached hydrogens (tertiary/aromatic N) is 1. The number of aromatic nitrogens is 1. The van der Waals surface area contributed by atoms with Crippen LogP contribution in [0.4, 0.5) is 5.69 Å². The van der Waals surface area contributed by atoms with Crippen LogP contribution in [0.5, 0.6) is 0 Å². The number of carbonyl (C=O) groups excluding carboxylic acids is 2. The molecule has 2 amide bonds. The number of carbonyl (C=O) groups is 2. The van der Waals surface area contributed by atoms with Crippen LogP contribution in [-0.4, -0.2) is 29.9 Å². The van der Waals surface area contributed by atoms with Crippen LogP contribution < -0.4 is 16.4 Å². The molecular weight excluding hydrogens is 280 g/mol. The topological polar surface area (TPSA) is 97.1 Å². The maximum Gasteiger partial charge on any atom is 0.269 e. The number of amides is 2. The minimum atomic E-state index is -0.270. The van der Waals surface area contributed by atoms with Gasteiger partial charge in [-0.3, -0.25) is 14.6 Å². The molecule has 1 aromatic rings. The second-order valence-corrected chi connectivity index (χ2v) is 5.97. The van der Waals surface area contributed by atoms with Crippen molar-refractivity contribution in [3.8, 4) is 0 Å². The van der Waals surface area contributed by atoms with E-state index < -0.39 is 0 Å². The van der Waals surface area contributed by atoms with Gasteiger partial charge in [0, 0.05) is 30.9 Å². The Balaban J connectivity index is 1.94. The third-order valence-corrected chi connectivity index (χ3v) is 4.37. The third kappa shape index (κ3) is 4.04. The van der Waals surface area contributed by atoms with Crippen molar-refractivity contribution in [2.24, 2.45) is 17.6 Å². The van der Waals surface area contributed by atoms with Gasteiger partial charge in [-0.05, 0) is 50.7 Å². The zero-order chi connectivity index (χ0) is 16.1. The summed E-state index contributed by atoms with van der Waals surface area (Å²) in [6.45, 7) is 2.03. The van der Waals surface area contributed by atoms with Gasteiger partial charge in [0.2, 0.25) is 5.91 Å². The van der Waals surface area contributed by atoms with E-state index in [1.807, 2.05) is 6.92 Å². The molecule has 0 aromatic carbocycles. The van der Waals surface area contributed by atoms with Crippen molar-refractivity contribution < 1.29 is 9.59 Å². The van der Waals surface area contributed by atoms with Crippen LogP contribution in [0.1, 0.15) is 43.1 Å². The van der Waals surface area contributed by atoms with Gasteiger partial charge in [0.15, 0.2) is 0 Å². The summed E-state index contributed by atoms with van der Waals surface area (Å²) in [5.74, 6) is 0.280. The van der Waals surface area contributed by atoms with E-state index in [-0.39, 0.29) is 23.8 Å². The quantitative estimate of drug-likeness (QED) is 0.786. The normalized spacial score (nSPS) is 22.7. The fourth-order valence-electron chi connectivity index (χ4n) is 2.91. The SMILES string of the molecule is CNC(=O)c1cc(NC(=O)[C@H]2CC[C@H](C(C)N)CC2)ccn1. The third-order valence-electron chi connectivity index (χ3n) is 4.37. The Hall–Kier alpha value is -1.95. The molecule has 0 aliphatic heterocycles. The molecule has 0 spiro atoms. The van der Waals surface area contributed by atoms with E-state index in [4.69, 9.17) is 5.73 Å². The van der Waals surface area contributed by atoms with Crippen molar-refractivity contribution in [2.45, 2.75) is 38.6 Å². The molecule has 6 nitrogen and oxygen atoms in total. The van der Waals surface area contributed by atoms with Gasteiger partial charge in [-0.1, -0.05) is 0 Å². The van der Waals surface area contributed by atoms with Crippen LogP contribution in [0.15, 0.2) is 18.3 Å². The second-order valence-electron chi connectivity index (χ2n) is 5.97. The monoisotopic (exact) mass is 304 g/mol. The molecule has 120 valence electrons. The number of hydrogen-bond donors (Lipinski definition) is 3. The van der Waals surface area contributed by atoms with Crippen molar-refractivity contribution in [1.29, 1.82) is 0 Å². The molecule has 1 heterocycles. The Labute approximate surface area is 130 Å². The van der Waals surface area contributed by atoms with E-state index in [2.05, 4.69) is 15.6 Å². The largest absolute Gasteiger partial charge is 0.354 e. The Kier molecular flexibility index (Phi) is 5.49. The summed E-state index contributed by atoms with van der Waals surface area (Å²) in [4.78, 5) is 27.9. The highest BCUT2D eigenvalue weighted by Gasteiger charge is 2.27. The molecule has 1 unspecified atom stereocenters. The van der Waals surface area contributed by atoms with Gasteiger partial charge in [0.1, 0.15) is 5.69 Å². The van der Waals surface area contributed by atoms with Gasteiger partial charge in [-0.2, -0.15) is 0 Å². The van der Waals surface area contributed by atoms with E-state index in [9.17, 15) is 9.59 Å². The van der Waals surface area contributed by atoms with E-state index in [0.29, 0.717) is 17.3 Å². The Morgan fingerprint density at radius 2 is 2.00 bits per heavy atom. The first-order valence-electron chi connectivity index (χ1n) is 7.76. The van der Waals surface area contributed by atoms with Crippen LogP contribution in [0.2, 0.25) is 0 Å². The summed E-state index contributed by atoms with van der Waals surface area (Å²) >= 11 is 0. The van der Waals surface area contributed by atoms with Crippen LogP contribution in [0.25, 0.3) is 0 Å². The standard InChI is InChI=1S/C16H24N4O2/c1-10(17)11-3-5-12(6-4-11)15(21)20-13-7-8-19-14(9-13)16(22)18-2/h7-12H,3-6,17H2,1-2H3,(H,18,22)(H,19,20,21)/t10?,11-,12-. The Morgan fingerprint density at radius 1 is 1.32 bits per heavy atom. The fraction of sp³-hybridized carbons (Fsp3) is 0.562. The number of rotatable bonds is 4. The molecule has 6 heteroatoms. The first-order chi connectivity index (χ1) is 10.5. The molecule has 1 atom stereocenters. The minimum absolute atomic E-state index is 0.0113. The highest BCUT2D eigenvalue weighted by Crippen LogP contribution is 2.31. The smallest absolute Gasteiger partial charge is 0.269 e. The molecule has 0 saturated heterocycles. The van der Waals surface area contributed by atoms with Gasteiger partial charge < -0.3 is 16.4 Å². The lowest BCUT2D eigenvalue weighted by Crippen LogP contribution is -2.33. The van der Waals surface area contributed by atoms with Gasteiger partial charge >= 0.3 is 0 Å². The molecule has 1 aliphatic rings.